The summed E-state index contributed by atoms with van der Waals surface area (Å²) in [5.41, 5.74) is 7.80. The van der Waals surface area contributed by atoms with E-state index in [1.165, 1.54) is 5.56 Å². The molecule has 106 valence electrons. The van der Waals surface area contributed by atoms with E-state index in [4.69, 9.17) is 5.73 Å². The molecule has 19 heavy (non-hydrogen) atoms. The molecule has 0 aliphatic heterocycles. The molecule has 3 N–H and O–H groups in total. The first-order chi connectivity index (χ1) is 9.02. The Balaban J connectivity index is 2.74. The van der Waals surface area contributed by atoms with E-state index in [2.05, 4.69) is 50.4 Å². The van der Waals surface area contributed by atoms with Gasteiger partial charge in [-0.1, -0.05) is 45.0 Å². The van der Waals surface area contributed by atoms with Gasteiger partial charge in [0.25, 0.3) is 0 Å². The molecular formula is C16H26N2O. The summed E-state index contributed by atoms with van der Waals surface area (Å²) in [5, 5.41) is 3.38. The maximum atomic E-state index is 11.1. The van der Waals surface area contributed by atoms with E-state index >= 15 is 0 Å². The van der Waals surface area contributed by atoms with Gasteiger partial charge < -0.3 is 11.1 Å². The lowest BCUT2D eigenvalue weighted by Crippen LogP contribution is -2.27. The average molecular weight is 262 g/mol. The van der Waals surface area contributed by atoms with Crippen LogP contribution in [0, 0.1) is 5.92 Å². The van der Waals surface area contributed by atoms with Gasteiger partial charge in [0, 0.05) is 12.5 Å². The smallest absolute Gasteiger partial charge is 0.219 e. The van der Waals surface area contributed by atoms with E-state index in [0.29, 0.717) is 12.3 Å². The second-order valence-corrected chi connectivity index (χ2v) is 5.52. The summed E-state index contributed by atoms with van der Waals surface area (Å²) in [6.45, 7) is 7.44. The van der Waals surface area contributed by atoms with E-state index < -0.39 is 0 Å². The number of hydrogen-bond donors (Lipinski definition) is 2. The fourth-order valence-corrected chi connectivity index (χ4v) is 2.19. The molecule has 0 bridgehead atoms. The van der Waals surface area contributed by atoms with Crippen LogP contribution < -0.4 is 11.1 Å². The Labute approximate surface area is 116 Å². The van der Waals surface area contributed by atoms with Gasteiger partial charge in [-0.25, -0.2) is 0 Å². The van der Waals surface area contributed by atoms with Gasteiger partial charge in [-0.15, -0.1) is 0 Å². The lowest BCUT2D eigenvalue weighted by molar-refractivity contribution is -0.118. The lowest BCUT2D eigenvalue weighted by Gasteiger charge is -2.18. The van der Waals surface area contributed by atoms with E-state index in [9.17, 15) is 4.79 Å². The molecule has 3 heteroatoms. The van der Waals surface area contributed by atoms with Gasteiger partial charge in [-0.05, 0) is 36.4 Å². The summed E-state index contributed by atoms with van der Waals surface area (Å²) in [7, 11) is 0. The molecule has 0 aliphatic rings. The number of carbonyl (C=O) groups is 1. The topological polar surface area (TPSA) is 55.1 Å². The number of nitrogens with two attached hydrogens (primary N) is 1. The Hall–Kier alpha value is -1.35. The first kappa shape index (κ1) is 15.7. The van der Waals surface area contributed by atoms with Crippen LogP contribution >= 0.6 is 0 Å². The van der Waals surface area contributed by atoms with E-state index in [1.54, 1.807) is 0 Å². The van der Waals surface area contributed by atoms with E-state index in [-0.39, 0.29) is 11.9 Å². The van der Waals surface area contributed by atoms with Crippen LogP contribution in [0.5, 0.6) is 0 Å². The molecule has 0 aliphatic carbocycles. The predicted molar refractivity (Wildman–Crippen MR) is 79.8 cm³/mol. The van der Waals surface area contributed by atoms with Crippen LogP contribution in [0.2, 0.25) is 0 Å². The minimum absolute atomic E-state index is 0.0329. The molecule has 0 spiro atoms. The highest BCUT2D eigenvalue weighted by Crippen LogP contribution is 2.18. The van der Waals surface area contributed by atoms with Gasteiger partial charge in [0.05, 0.1) is 0 Å². The van der Waals surface area contributed by atoms with Crippen LogP contribution in [0.25, 0.3) is 0 Å². The molecule has 1 atom stereocenters. The van der Waals surface area contributed by atoms with Crippen LogP contribution in [-0.2, 0) is 11.2 Å². The molecule has 1 aromatic carbocycles. The Morgan fingerprint density at radius 2 is 1.89 bits per heavy atom. The average Bonchev–Trinajstić information content (AvgIpc) is 2.34. The summed E-state index contributed by atoms with van der Waals surface area (Å²) in [6.07, 6.45) is 2.48. The van der Waals surface area contributed by atoms with Gasteiger partial charge in [0.15, 0.2) is 0 Å². The molecule has 0 heterocycles. The first-order valence-corrected chi connectivity index (χ1v) is 7.13. The molecule has 1 unspecified atom stereocenters. The molecule has 1 amide bonds. The van der Waals surface area contributed by atoms with Crippen molar-refractivity contribution in [2.24, 2.45) is 11.7 Å². The summed E-state index contributed by atoms with van der Waals surface area (Å²) in [5.74, 6) is 0.394. The second kappa shape index (κ2) is 7.95. The molecule has 0 fully saturated rings. The molecule has 0 saturated carbocycles. The van der Waals surface area contributed by atoms with Crippen molar-refractivity contribution in [2.75, 3.05) is 6.54 Å². The number of rotatable bonds is 8. The summed E-state index contributed by atoms with van der Waals surface area (Å²) in [6, 6.07) is 8.54. The summed E-state index contributed by atoms with van der Waals surface area (Å²) >= 11 is 0. The minimum atomic E-state index is -0.264. The van der Waals surface area contributed by atoms with Crippen molar-refractivity contribution >= 4 is 5.91 Å². The van der Waals surface area contributed by atoms with E-state index in [1.807, 2.05) is 0 Å². The van der Waals surface area contributed by atoms with Crippen molar-refractivity contribution in [3.05, 3.63) is 35.4 Å². The van der Waals surface area contributed by atoms with Crippen molar-refractivity contribution in [1.82, 2.24) is 5.32 Å². The Morgan fingerprint density at radius 1 is 1.26 bits per heavy atom. The normalized spacial score (nSPS) is 12.6. The number of carbonyl (C=O) groups excluding carboxylic acids is 1. The molecular weight excluding hydrogens is 236 g/mol. The van der Waals surface area contributed by atoms with Gasteiger partial charge in [-0.2, -0.15) is 0 Å². The van der Waals surface area contributed by atoms with Gasteiger partial charge >= 0.3 is 0 Å². The third kappa shape index (κ3) is 5.88. The number of hydrogen-bond acceptors (Lipinski definition) is 2. The molecule has 1 aromatic rings. The zero-order valence-corrected chi connectivity index (χ0v) is 12.3. The lowest BCUT2D eigenvalue weighted by atomic mass is 9.98. The Kier molecular flexibility index (Phi) is 6.57. The van der Waals surface area contributed by atoms with Gasteiger partial charge in [0.1, 0.15) is 0 Å². The SMILES string of the molecule is CCCNC(CC(N)=O)c1ccc(CC(C)C)cc1. The fraction of sp³-hybridized carbons (Fsp3) is 0.562. The summed E-state index contributed by atoms with van der Waals surface area (Å²) < 4.78 is 0. The van der Waals surface area contributed by atoms with Crippen LogP contribution in [0.3, 0.4) is 0 Å². The Bertz CT molecular complexity index is 384. The van der Waals surface area contributed by atoms with Crippen LogP contribution in [0.4, 0.5) is 0 Å². The third-order valence-corrected chi connectivity index (χ3v) is 3.07. The largest absolute Gasteiger partial charge is 0.370 e. The highest BCUT2D eigenvalue weighted by molar-refractivity contribution is 5.74. The quantitative estimate of drug-likeness (QED) is 0.757. The number of primary amides is 1. The molecule has 0 radical (unpaired) electrons. The molecule has 3 nitrogen and oxygen atoms in total. The highest BCUT2D eigenvalue weighted by Gasteiger charge is 2.13. The molecule has 0 aromatic heterocycles. The fourth-order valence-electron chi connectivity index (χ4n) is 2.19. The highest BCUT2D eigenvalue weighted by atomic mass is 16.1. The van der Waals surface area contributed by atoms with Crippen molar-refractivity contribution < 1.29 is 4.79 Å². The number of amides is 1. The summed E-state index contributed by atoms with van der Waals surface area (Å²) in [4.78, 5) is 11.1. The van der Waals surface area contributed by atoms with Crippen molar-refractivity contribution in [3.63, 3.8) is 0 Å². The van der Waals surface area contributed by atoms with Gasteiger partial charge in [0.2, 0.25) is 5.91 Å². The number of benzene rings is 1. The zero-order chi connectivity index (χ0) is 14.3. The van der Waals surface area contributed by atoms with E-state index in [0.717, 1.165) is 24.9 Å². The monoisotopic (exact) mass is 262 g/mol. The maximum absolute atomic E-state index is 11.1. The molecule has 1 rings (SSSR count). The second-order valence-electron chi connectivity index (χ2n) is 5.52. The minimum Gasteiger partial charge on any atom is -0.370 e. The zero-order valence-electron chi connectivity index (χ0n) is 12.3. The van der Waals surface area contributed by atoms with Crippen molar-refractivity contribution in [2.45, 2.75) is 46.1 Å². The third-order valence-electron chi connectivity index (χ3n) is 3.07. The first-order valence-electron chi connectivity index (χ1n) is 7.13. The maximum Gasteiger partial charge on any atom is 0.219 e. The van der Waals surface area contributed by atoms with Gasteiger partial charge in [-0.3, -0.25) is 4.79 Å². The molecule has 0 saturated heterocycles. The standard InChI is InChI=1S/C16H26N2O/c1-4-9-18-15(11-16(17)19)14-7-5-13(6-8-14)10-12(2)3/h5-8,12,15,18H,4,9-11H2,1-3H3,(H2,17,19). The number of nitrogens with one attached hydrogen (secondary N) is 1. The van der Waals surface area contributed by atoms with Crippen LogP contribution in [0.1, 0.15) is 50.8 Å². The van der Waals surface area contributed by atoms with Crippen LogP contribution in [0.15, 0.2) is 24.3 Å². The van der Waals surface area contributed by atoms with Crippen molar-refractivity contribution in [3.8, 4) is 0 Å². The predicted octanol–water partition coefficient (Wildman–Crippen LogP) is 2.80. The Morgan fingerprint density at radius 3 is 2.37 bits per heavy atom. The van der Waals surface area contributed by atoms with Crippen molar-refractivity contribution in [1.29, 1.82) is 0 Å². The van der Waals surface area contributed by atoms with Crippen LogP contribution in [-0.4, -0.2) is 12.5 Å².